The van der Waals surface area contributed by atoms with Crippen LogP contribution in [0.2, 0.25) is 0 Å². The first-order valence-electron chi connectivity index (χ1n) is 11.5. The molecule has 4 nitrogen and oxygen atoms in total. The number of amides is 2. The molecule has 4 rings (SSSR count). The predicted molar refractivity (Wildman–Crippen MR) is 120 cm³/mol. The first-order chi connectivity index (χ1) is 14.7. The van der Waals surface area contributed by atoms with E-state index in [4.69, 9.17) is 0 Å². The Balaban J connectivity index is 1.42. The lowest BCUT2D eigenvalue weighted by Crippen LogP contribution is -2.39. The fraction of sp³-hybridized carbons (Fsp3) is 0.462. The van der Waals surface area contributed by atoms with Crippen LogP contribution in [0.5, 0.6) is 0 Å². The van der Waals surface area contributed by atoms with Gasteiger partial charge in [-0.2, -0.15) is 0 Å². The number of carbonyl (C=O) groups is 2. The van der Waals surface area contributed by atoms with Crippen molar-refractivity contribution in [1.82, 2.24) is 10.2 Å². The second-order valence-electron chi connectivity index (χ2n) is 8.74. The SMILES string of the molecule is O=C(NC1CCCCCC1)c1cccc([C@H]2CCCN(C(=O)c3ccccc3)C2)c1. The second-order valence-corrected chi connectivity index (χ2v) is 8.74. The predicted octanol–water partition coefficient (Wildman–Crippen LogP) is 5.16. The summed E-state index contributed by atoms with van der Waals surface area (Å²) in [4.78, 5) is 27.7. The Labute approximate surface area is 179 Å². The molecule has 1 saturated carbocycles. The van der Waals surface area contributed by atoms with Gasteiger partial charge in [0.25, 0.3) is 11.8 Å². The van der Waals surface area contributed by atoms with Crippen LogP contribution in [0.4, 0.5) is 0 Å². The van der Waals surface area contributed by atoms with E-state index in [0.29, 0.717) is 12.6 Å². The zero-order valence-electron chi connectivity index (χ0n) is 17.7. The van der Waals surface area contributed by atoms with E-state index < -0.39 is 0 Å². The highest BCUT2D eigenvalue weighted by Gasteiger charge is 2.26. The van der Waals surface area contributed by atoms with Crippen molar-refractivity contribution in [2.24, 2.45) is 0 Å². The summed E-state index contributed by atoms with van der Waals surface area (Å²) in [5.41, 5.74) is 2.65. The lowest BCUT2D eigenvalue weighted by molar-refractivity contribution is 0.0706. The highest BCUT2D eigenvalue weighted by molar-refractivity contribution is 5.95. The van der Waals surface area contributed by atoms with E-state index in [1.807, 2.05) is 53.4 Å². The van der Waals surface area contributed by atoms with Gasteiger partial charge in [0.2, 0.25) is 0 Å². The molecule has 0 radical (unpaired) electrons. The number of nitrogens with one attached hydrogen (secondary N) is 1. The number of nitrogens with zero attached hydrogens (tertiary/aromatic N) is 1. The fourth-order valence-corrected chi connectivity index (χ4v) is 4.82. The Morgan fingerprint density at radius 2 is 1.53 bits per heavy atom. The van der Waals surface area contributed by atoms with Crippen LogP contribution in [-0.2, 0) is 0 Å². The fourth-order valence-electron chi connectivity index (χ4n) is 4.82. The summed E-state index contributed by atoms with van der Waals surface area (Å²) >= 11 is 0. The van der Waals surface area contributed by atoms with Gasteiger partial charge in [0.1, 0.15) is 0 Å². The van der Waals surface area contributed by atoms with Crippen molar-refractivity contribution in [3.63, 3.8) is 0 Å². The smallest absolute Gasteiger partial charge is 0.253 e. The molecule has 0 spiro atoms. The van der Waals surface area contributed by atoms with Crippen molar-refractivity contribution in [1.29, 1.82) is 0 Å². The first kappa shape index (κ1) is 20.6. The van der Waals surface area contributed by atoms with E-state index in [-0.39, 0.29) is 17.7 Å². The average molecular weight is 405 g/mol. The molecule has 1 N–H and O–H groups in total. The number of hydrogen-bond acceptors (Lipinski definition) is 2. The Morgan fingerprint density at radius 1 is 0.800 bits per heavy atom. The molecule has 158 valence electrons. The van der Waals surface area contributed by atoms with Crippen molar-refractivity contribution in [2.75, 3.05) is 13.1 Å². The lowest BCUT2D eigenvalue weighted by atomic mass is 9.89. The summed E-state index contributed by atoms with van der Waals surface area (Å²) in [6, 6.07) is 17.8. The maximum atomic E-state index is 12.9. The normalized spacial score (nSPS) is 20.4. The summed E-state index contributed by atoms with van der Waals surface area (Å²) in [6.45, 7) is 1.51. The molecule has 2 amide bonds. The summed E-state index contributed by atoms with van der Waals surface area (Å²) in [6.07, 6.45) is 9.18. The molecule has 0 unspecified atom stereocenters. The molecule has 2 aromatic rings. The standard InChI is InChI=1S/C26H32N2O2/c29-25(27-24-15-6-1-2-7-16-24)22-13-8-12-21(18-22)23-14-9-17-28(19-23)26(30)20-10-4-3-5-11-20/h3-5,8,10-13,18,23-24H,1-2,6-7,9,14-17,19H2,(H,27,29)/t23-/m0/s1. The van der Waals surface area contributed by atoms with Crippen LogP contribution in [-0.4, -0.2) is 35.8 Å². The van der Waals surface area contributed by atoms with Gasteiger partial charge in [-0.15, -0.1) is 0 Å². The van der Waals surface area contributed by atoms with Crippen LogP contribution in [0.3, 0.4) is 0 Å². The average Bonchev–Trinajstić information content (AvgIpc) is 3.08. The molecule has 0 aromatic heterocycles. The van der Waals surface area contributed by atoms with Gasteiger partial charge in [-0.25, -0.2) is 0 Å². The lowest BCUT2D eigenvalue weighted by Gasteiger charge is -2.33. The molecule has 30 heavy (non-hydrogen) atoms. The van der Waals surface area contributed by atoms with Gasteiger partial charge >= 0.3 is 0 Å². The Kier molecular flexibility index (Phi) is 6.83. The van der Waals surface area contributed by atoms with E-state index >= 15 is 0 Å². The van der Waals surface area contributed by atoms with Crippen molar-refractivity contribution < 1.29 is 9.59 Å². The van der Waals surface area contributed by atoms with E-state index in [2.05, 4.69) is 11.4 Å². The van der Waals surface area contributed by atoms with Gasteiger partial charge in [-0.3, -0.25) is 9.59 Å². The number of likely N-dealkylation sites (tertiary alicyclic amines) is 1. The zero-order chi connectivity index (χ0) is 20.8. The topological polar surface area (TPSA) is 49.4 Å². The highest BCUT2D eigenvalue weighted by atomic mass is 16.2. The number of hydrogen-bond donors (Lipinski definition) is 1. The van der Waals surface area contributed by atoms with Crippen molar-refractivity contribution >= 4 is 11.8 Å². The molecule has 2 aromatic carbocycles. The van der Waals surface area contributed by atoms with Gasteiger partial charge < -0.3 is 10.2 Å². The molecule has 1 aliphatic carbocycles. The van der Waals surface area contributed by atoms with Crippen LogP contribution in [0.25, 0.3) is 0 Å². The van der Waals surface area contributed by atoms with Crippen LogP contribution in [0.1, 0.15) is 83.6 Å². The molecule has 4 heteroatoms. The first-order valence-corrected chi connectivity index (χ1v) is 11.5. The molecular formula is C26H32N2O2. The Hall–Kier alpha value is -2.62. The van der Waals surface area contributed by atoms with Crippen LogP contribution >= 0.6 is 0 Å². The molecule has 1 atom stereocenters. The maximum absolute atomic E-state index is 12.9. The Bertz CT molecular complexity index is 856. The number of rotatable bonds is 4. The second kappa shape index (κ2) is 9.92. The molecule has 1 saturated heterocycles. The van der Waals surface area contributed by atoms with E-state index in [9.17, 15) is 9.59 Å². The summed E-state index contributed by atoms with van der Waals surface area (Å²) in [5.74, 6) is 0.413. The highest BCUT2D eigenvalue weighted by Crippen LogP contribution is 2.28. The zero-order valence-corrected chi connectivity index (χ0v) is 17.7. The Morgan fingerprint density at radius 3 is 2.30 bits per heavy atom. The summed E-state index contributed by atoms with van der Waals surface area (Å²) in [7, 11) is 0. The monoisotopic (exact) mass is 404 g/mol. The molecule has 2 fully saturated rings. The third kappa shape index (κ3) is 5.10. The largest absolute Gasteiger partial charge is 0.349 e. The minimum absolute atomic E-state index is 0.0387. The molecule has 0 bridgehead atoms. The van der Waals surface area contributed by atoms with Gasteiger partial charge in [0.15, 0.2) is 0 Å². The number of benzene rings is 2. The van der Waals surface area contributed by atoms with Crippen molar-refractivity contribution in [3.05, 3.63) is 71.3 Å². The van der Waals surface area contributed by atoms with Gasteiger partial charge in [-0.05, 0) is 55.5 Å². The molecule has 1 aliphatic heterocycles. The van der Waals surface area contributed by atoms with Crippen LogP contribution in [0.15, 0.2) is 54.6 Å². The minimum Gasteiger partial charge on any atom is -0.349 e. The van der Waals surface area contributed by atoms with E-state index in [1.54, 1.807) is 0 Å². The molecular weight excluding hydrogens is 372 g/mol. The summed E-state index contributed by atoms with van der Waals surface area (Å²) in [5, 5.41) is 3.25. The quantitative estimate of drug-likeness (QED) is 0.716. The van der Waals surface area contributed by atoms with E-state index in [0.717, 1.165) is 48.9 Å². The van der Waals surface area contributed by atoms with E-state index in [1.165, 1.54) is 25.7 Å². The van der Waals surface area contributed by atoms with Crippen LogP contribution in [0, 0.1) is 0 Å². The van der Waals surface area contributed by atoms with Gasteiger partial charge in [-0.1, -0.05) is 56.0 Å². The van der Waals surface area contributed by atoms with Crippen molar-refractivity contribution in [2.45, 2.75) is 63.3 Å². The van der Waals surface area contributed by atoms with Crippen molar-refractivity contribution in [3.8, 4) is 0 Å². The third-order valence-corrected chi connectivity index (χ3v) is 6.54. The number of carbonyl (C=O) groups excluding carboxylic acids is 2. The maximum Gasteiger partial charge on any atom is 0.253 e. The molecule has 1 heterocycles. The minimum atomic E-state index is 0.0387. The van der Waals surface area contributed by atoms with Crippen LogP contribution < -0.4 is 5.32 Å². The summed E-state index contributed by atoms with van der Waals surface area (Å²) < 4.78 is 0. The third-order valence-electron chi connectivity index (χ3n) is 6.54. The molecule has 2 aliphatic rings. The van der Waals surface area contributed by atoms with Gasteiger partial charge in [0, 0.05) is 36.2 Å². The van der Waals surface area contributed by atoms with Gasteiger partial charge in [0.05, 0.1) is 0 Å². The number of piperidine rings is 1.